The molecule has 1 amide bonds. The molecule has 0 radical (unpaired) electrons. The monoisotopic (exact) mass is 263 g/mol. The second kappa shape index (κ2) is 6.57. The number of nitrogens with zero attached hydrogens (tertiary/aromatic N) is 1. The van der Waals surface area contributed by atoms with Crippen LogP contribution < -0.4 is 4.74 Å². The third-order valence-corrected chi connectivity index (χ3v) is 3.42. The maximum absolute atomic E-state index is 12.2. The fourth-order valence-corrected chi connectivity index (χ4v) is 2.31. The second-order valence-corrected chi connectivity index (χ2v) is 4.76. The number of rotatable bonds is 4. The molecule has 0 aliphatic carbocycles. The maximum atomic E-state index is 12.2. The SMILES string of the molecule is COc1cccc(CCC(=O)N2CCCOC2C)c1. The van der Waals surface area contributed by atoms with E-state index >= 15 is 0 Å². The van der Waals surface area contributed by atoms with Gasteiger partial charge < -0.3 is 14.4 Å². The van der Waals surface area contributed by atoms with Crippen LogP contribution in [0.5, 0.6) is 5.75 Å². The molecule has 4 heteroatoms. The zero-order valence-electron chi connectivity index (χ0n) is 11.6. The van der Waals surface area contributed by atoms with Gasteiger partial charge in [-0.15, -0.1) is 0 Å². The van der Waals surface area contributed by atoms with Gasteiger partial charge in [-0.25, -0.2) is 0 Å². The molecule has 1 aromatic carbocycles. The Morgan fingerprint density at radius 1 is 1.53 bits per heavy atom. The summed E-state index contributed by atoms with van der Waals surface area (Å²) in [7, 11) is 1.65. The number of methoxy groups -OCH3 is 1. The number of carbonyl (C=O) groups is 1. The van der Waals surface area contributed by atoms with Crippen LogP contribution in [0.4, 0.5) is 0 Å². The standard InChI is InChI=1S/C15H21NO3/c1-12-16(9-4-10-19-12)15(17)8-7-13-5-3-6-14(11-13)18-2/h3,5-6,11-12H,4,7-10H2,1-2H3. The first-order valence-corrected chi connectivity index (χ1v) is 6.74. The van der Waals surface area contributed by atoms with Gasteiger partial charge in [0.15, 0.2) is 0 Å². The lowest BCUT2D eigenvalue weighted by molar-refractivity contribution is -0.151. The van der Waals surface area contributed by atoms with Gasteiger partial charge in [-0.3, -0.25) is 4.79 Å². The molecule has 0 saturated carbocycles. The summed E-state index contributed by atoms with van der Waals surface area (Å²) in [6.45, 7) is 3.49. The van der Waals surface area contributed by atoms with Gasteiger partial charge in [0.1, 0.15) is 12.0 Å². The number of hydrogen-bond acceptors (Lipinski definition) is 3. The van der Waals surface area contributed by atoms with Gasteiger partial charge in [0.2, 0.25) is 5.91 Å². The lowest BCUT2D eigenvalue weighted by atomic mass is 10.1. The lowest BCUT2D eigenvalue weighted by Gasteiger charge is -2.33. The number of aryl methyl sites for hydroxylation is 1. The van der Waals surface area contributed by atoms with Crippen LogP contribution in [0, 0.1) is 0 Å². The van der Waals surface area contributed by atoms with Crippen LogP contribution >= 0.6 is 0 Å². The van der Waals surface area contributed by atoms with Crippen LogP contribution in [0.1, 0.15) is 25.3 Å². The minimum Gasteiger partial charge on any atom is -0.497 e. The molecule has 2 rings (SSSR count). The summed E-state index contributed by atoms with van der Waals surface area (Å²) in [5.74, 6) is 0.995. The molecule has 1 heterocycles. The average Bonchev–Trinajstić information content (AvgIpc) is 2.45. The first kappa shape index (κ1) is 13.9. The fraction of sp³-hybridized carbons (Fsp3) is 0.533. The Balaban J connectivity index is 1.88. The number of hydrogen-bond donors (Lipinski definition) is 0. The van der Waals surface area contributed by atoms with E-state index in [1.165, 1.54) is 0 Å². The predicted octanol–water partition coefficient (Wildman–Crippen LogP) is 2.22. The zero-order chi connectivity index (χ0) is 13.7. The first-order valence-electron chi connectivity index (χ1n) is 6.74. The molecule has 0 aromatic heterocycles. The molecule has 104 valence electrons. The van der Waals surface area contributed by atoms with Gasteiger partial charge in [0.05, 0.1) is 13.7 Å². The topological polar surface area (TPSA) is 38.8 Å². The minimum atomic E-state index is -0.0911. The Hall–Kier alpha value is -1.55. The summed E-state index contributed by atoms with van der Waals surface area (Å²) in [5.41, 5.74) is 1.12. The van der Waals surface area contributed by atoms with Crippen LogP contribution in [0.3, 0.4) is 0 Å². The number of amides is 1. The van der Waals surface area contributed by atoms with E-state index in [9.17, 15) is 4.79 Å². The van der Waals surface area contributed by atoms with Crippen LogP contribution in [0.2, 0.25) is 0 Å². The van der Waals surface area contributed by atoms with Crippen molar-refractivity contribution in [2.45, 2.75) is 32.4 Å². The summed E-state index contributed by atoms with van der Waals surface area (Å²) in [6.07, 6.45) is 2.08. The van der Waals surface area contributed by atoms with Crippen molar-refractivity contribution < 1.29 is 14.3 Å². The maximum Gasteiger partial charge on any atom is 0.224 e. The van der Waals surface area contributed by atoms with Gasteiger partial charge in [-0.05, 0) is 37.5 Å². The molecular weight excluding hydrogens is 242 g/mol. The molecule has 1 saturated heterocycles. The van der Waals surface area contributed by atoms with Gasteiger partial charge in [0, 0.05) is 13.0 Å². The van der Waals surface area contributed by atoms with Gasteiger partial charge in [-0.1, -0.05) is 12.1 Å². The largest absolute Gasteiger partial charge is 0.497 e. The van der Waals surface area contributed by atoms with Crippen LogP contribution in [0.25, 0.3) is 0 Å². The quantitative estimate of drug-likeness (QED) is 0.836. The van der Waals surface area contributed by atoms with E-state index in [0.717, 1.165) is 37.3 Å². The molecular formula is C15H21NO3. The third-order valence-electron chi connectivity index (χ3n) is 3.42. The number of benzene rings is 1. The zero-order valence-corrected chi connectivity index (χ0v) is 11.6. The van der Waals surface area contributed by atoms with Crippen molar-refractivity contribution in [3.8, 4) is 5.75 Å². The highest BCUT2D eigenvalue weighted by Gasteiger charge is 2.23. The second-order valence-electron chi connectivity index (χ2n) is 4.76. The molecule has 1 fully saturated rings. The third kappa shape index (κ3) is 3.70. The van der Waals surface area contributed by atoms with E-state index in [1.807, 2.05) is 36.1 Å². The molecule has 0 bridgehead atoms. The van der Waals surface area contributed by atoms with Gasteiger partial charge in [0.25, 0.3) is 0 Å². The van der Waals surface area contributed by atoms with E-state index in [-0.39, 0.29) is 12.1 Å². The van der Waals surface area contributed by atoms with Crippen molar-refractivity contribution in [1.29, 1.82) is 0 Å². The van der Waals surface area contributed by atoms with E-state index in [2.05, 4.69) is 0 Å². The smallest absolute Gasteiger partial charge is 0.224 e. The van der Waals surface area contributed by atoms with Crippen LogP contribution in [0.15, 0.2) is 24.3 Å². The van der Waals surface area contributed by atoms with Crippen molar-refractivity contribution >= 4 is 5.91 Å². The average molecular weight is 263 g/mol. The number of carbonyl (C=O) groups excluding carboxylic acids is 1. The van der Waals surface area contributed by atoms with Crippen molar-refractivity contribution in [3.63, 3.8) is 0 Å². The highest BCUT2D eigenvalue weighted by Crippen LogP contribution is 2.16. The molecule has 19 heavy (non-hydrogen) atoms. The predicted molar refractivity (Wildman–Crippen MR) is 73.1 cm³/mol. The highest BCUT2D eigenvalue weighted by atomic mass is 16.5. The number of ether oxygens (including phenoxy) is 2. The molecule has 1 aliphatic heterocycles. The Kier molecular flexibility index (Phi) is 4.80. The van der Waals surface area contributed by atoms with Crippen LogP contribution in [-0.4, -0.2) is 37.3 Å². The molecule has 1 atom stereocenters. The summed E-state index contributed by atoms with van der Waals surface area (Å²) in [6, 6.07) is 7.85. The summed E-state index contributed by atoms with van der Waals surface area (Å²) in [4.78, 5) is 14.0. The Morgan fingerprint density at radius 2 is 2.37 bits per heavy atom. The van der Waals surface area contributed by atoms with E-state index in [0.29, 0.717) is 6.42 Å². The summed E-state index contributed by atoms with van der Waals surface area (Å²) >= 11 is 0. The van der Waals surface area contributed by atoms with Crippen molar-refractivity contribution in [1.82, 2.24) is 4.90 Å². The Morgan fingerprint density at radius 3 is 3.11 bits per heavy atom. The molecule has 1 unspecified atom stereocenters. The molecule has 1 aromatic rings. The highest BCUT2D eigenvalue weighted by molar-refractivity contribution is 5.76. The summed E-state index contributed by atoms with van der Waals surface area (Å²) in [5, 5.41) is 0. The molecule has 1 aliphatic rings. The molecule has 0 N–H and O–H groups in total. The van der Waals surface area contributed by atoms with E-state index < -0.39 is 0 Å². The van der Waals surface area contributed by atoms with Crippen molar-refractivity contribution in [3.05, 3.63) is 29.8 Å². The van der Waals surface area contributed by atoms with E-state index in [4.69, 9.17) is 9.47 Å². The molecule has 4 nitrogen and oxygen atoms in total. The van der Waals surface area contributed by atoms with Gasteiger partial charge in [-0.2, -0.15) is 0 Å². The Bertz CT molecular complexity index is 433. The van der Waals surface area contributed by atoms with Gasteiger partial charge >= 0.3 is 0 Å². The van der Waals surface area contributed by atoms with Crippen molar-refractivity contribution in [2.24, 2.45) is 0 Å². The van der Waals surface area contributed by atoms with Crippen LogP contribution in [-0.2, 0) is 16.0 Å². The summed E-state index contributed by atoms with van der Waals surface area (Å²) < 4.78 is 10.7. The normalized spacial score (nSPS) is 19.3. The first-order chi connectivity index (χ1) is 9.20. The van der Waals surface area contributed by atoms with E-state index in [1.54, 1.807) is 7.11 Å². The minimum absolute atomic E-state index is 0.0911. The molecule has 0 spiro atoms. The fourth-order valence-electron chi connectivity index (χ4n) is 2.31. The lowest BCUT2D eigenvalue weighted by Crippen LogP contribution is -2.44. The Labute approximate surface area is 114 Å². The van der Waals surface area contributed by atoms with Crippen molar-refractivity contribution in [2.75, 3.05) is 20.3 Å².